The summed E-state index contributed by atoms with van der Waals surface area (Å²) < 4.78 is 15.5. The highest BCUT2D eigenvalue weighted by Crippen LogP contribution is 2.43. The van der Waals surface area contributed by atoms with Gasteiger partial charge in [0.2, 0.25) is 11.8 Å². The second kappa shape index (κ2) is 10.3. The number of nitrogens with one attached hydrogen (secondary N) is 2. The largest absolute Gasteiger partial charge is 0.358 e. The summed E-state index contributed by atoms with van der Waals surface area (Å²) >= 11 is 0. The van der Waals surface area contributed by atoms with Gasteiger partial charge in [-0.1, -0.05) is 24.3 Å². The van der Waals surface area contributed by atoms with E-state index in [1.807, 2.05) is 23.1 Å². The van der Waals surface area contributed by atoms with Crippen molar-refractivity contribution < 1.29 is 23.6 Å². The lowest BCUT2D eigenvalue weighted by molar-refractivity contribution is -0.141. The number of nitrogens with zero attached hydrogens (tertiary/aromatic N) is 4. The van der Waals surface area contributed by atoms with Gasteiger partial charge in [-0.25, -0.2) is 9.18 Å². The van der Waals surface area contributed by atoms with Crippen LogP contribution in [0.25, 0.3) is 11.1 Å². The van der Waals surface area contributed by atoms with E-state index >= 15 is 0 Å². The number of carbonyl (C=O) groups is 4. The van der Waals surface area contributed by atoms with Crippen LogP contribution in [0.2, 0.25) is 0 Å². The summed E-state index contributed by atoms with van der Waals surface area (Å²) in [7, 11) is 1.57. The van der Waals surface area contributed by atoms with Crippen molar-refractivity contribution in [3.63, 3.8) is 0 Å². The van der Waals surface area contributed by atoms with Crippen molar-refractivity contribution in [1.82, 2.24) is 30.2 Å². The second-order valence-electron chi connectivity index (χ2n) is 12.1. The Morgan fingerprint density at radius 3 is 2.65 bits per heavy atom. The summed E-state index contributed by atoms with van der Waals surface area (Å²) in [5, 5.41) is 9.78. The molecule has 0 radical (unpaired) electrons. The molecule has 43 heavy (non-hydrogen) atoms. The number of aryl methyl sites for hydroxylation is 2. The molecular formula is C32H33FN6O4. The Balaban J connectivity index is 1.10. The van der Waals surface area contributed by atoms with Crippen LogP contribution in [0, 0.1) is 11.7 Å². The molecule has 2 aliphatic carbocycles. The van der Waals surface area contributed by atoms with E-state index in [0.29, 0.717) is 31.7 Å². The van der Waals surface area contributed by atoms with Gasteiger partial charge < -0.3 is 15.5 Å². The van der Waals surface area contributed by atoms with Crippen molar-refractivity contribution in [3.05, 3.63) is 76.9 Å². The van der Waals surface area contributed by atoms with Gasteiger partial charge in [0.1, 0.15) is 24.4 Å². The molecule has 2 fully saturated rings. The highest BCUT2D eigenvalue weighted by Gasteiger charge is 2.56. The van der Waals surface area contributed by atoms with E-state index in [2.05, 4.69) is 15.7 Å². The molecule has 4 aliphatic rings. The molecule has 0 bridgehead atoms. The number of benzene rings is 2. The Morgan fingerprint density at radius 1 is 1.02 bits per heavy atom. The van der Waals surface area contributed by atoms with E-state index in [1.54, 1.807) is 36.3 Å². The number of imide groups is 1. The predicted octanol–water partition coefficient (Wildman–Crippen LogP) is 2.88. The minimum atomic E-state index is -1.20. The lowest BCUT2D eigenvalue weighted by Crippen LogP contribution is -2.48. The van der Waals surface area contributed by atoms with Crippen LogP contribution in [0.4, 0.5) is 9.18 Å². The molecule has 1 saturated heterocycles. The third-order valence-electron chi connectivity index (χ3n) is 9.46. The standard InChI is InChI=1S/C32H33FN6O4/c1-34-28(40)17-37-15-24(14-35-37)20-5-8-26-22(12-20)10-11-32(26)30(42)39(31(43)36-32)18-29(41)38-16-23-4-7-25(33)13-21(23)6-9-27(38)19-2-3-19/h4-5,7-8,12-15,19,27H,2-3,6,9-11,16-18H2,1H3,(H,34,40)(H,36,43). The van der Waals surface area contributed by atoms with E-state index in [-0.39, 0.29) is 36.8 Å². The number of urea groups is 1. The van der Waals surface area contributed by atoms with E-state index in [1.165, 1.54) is 6.07 Å². The Hall–Kier alpha value is -4.54. The lowest BCUT2D eigenvalue weighted by atomic mass is 9.90. The van der Waals surface area contributed by atoms with Gasteiger partial charge in [-0.3, -0.25) is 24.0 Å². The third-order valence-corrected chi connectivity index (χ3v) is 9.46. The monoisotopic (exact) mass is 584 g/mol. The van der Waals surface area contributed by atoms with E-state index in [4.69, 9.17) is 0 Å². The number of likely N-dealkylation sites (N-methyl/N-ethyl adjacent to an activating group) is 1. The van der Waals surface area contributed by atoms with Gasteiger partial charge in [0, 0.05) is 31.4 Å². The maximum absolute atomic E-state index is 13.9. The zero-order chi connectivity index (χ0) is 29.9. The molecule has 10 nitrogen and oxygen atoms in total. The molecule has 2 atom stereocenters. The summed E-state index contributed by atoms with van der Waals surface area (Å²) in [6.07, 6.45) is 7.99. The molecule has 1 saturated carbocycles. The van der Waals surface area contributed by atoms with Crippen molar-refractivity contribution in [2.45, 2.75) is 63.2 Å². The van der Waals surface area contributed by atoms with Gasteiger partial charge in [0.05, 0.1) is 6.20 Å². The van der Waals surface area contributed by atoms with E-state index < -0.39 is 17.5 Å². The van der Waals surface area contributed by atoms with E-state index in [9.17, 15) is 23.6 Å². The maximum atomic E-state index is 13.9. The van der Waals surface area contributed by atoms with Crippen molar-refractivity contribution >= 4 is 23.8 Å². The SMILES string of the molecule is CNC(=O)Cn1cc(-c2ccc3c(c2)CCC32NC(=O)N(CC(=O)N3Cc4ccc(F)cc4CCC3C3CC3)C2=O)cn1. The van der Waals surface area contributed by atoms with Gasteiger partial charge in [-0.15, -0.1) is 0 Å². The maximum Gasteiger partial charge on any atom is 0.325 e. The molecular weight excluding hydrogens is 551 g/mol. The zero-order valence-electron chi connectivity index (χ0n) is 23.9. The first-order valence-corrected chi connectivity index (χ1v) is 14.8. The molecule has 1 spiro atoms. The van der Waals surface area contributed by atoms with Crippen LogP contribution in [0.5, 0.6) is 0 Å². The smallest absolute Gasteiger partial charge is 0.325 e. The minimum Gasteiger partial charge on any atom is -0.358 e. The summed E-state index contributed by atoms with van der Waals surface area (Å²) in [6, 6.07) is 9.89. The first kappa shape index (κ1) is 27.3. The molecule has 2 N–H and O–H groups in total. The Morgan fingerprint density at radius 2 is 1.86 bits per heavy atom. The van der Waals surface area contributed by atoms with Gasteiger partial charge in [0.25, 0.3) is 5.91 Å². The zero-order valence-corrected chi connectivity index (χ0v) is 23.9. The summed E-state index contributed by atoms with van der Waals surface area (Å²) in [6.45, 7) is 0.128. The average Bonchev–Trinajstić information content (AvgIpc) is 3.61. The van der Waals surface area contributed by atoms with Gasteiger partial charge in [-0.2, -0.15) is 5.10 Å². The van der Waals surface area contributed by atoms with Crippen LogP contribution in [0.3, 0.4) is 0 Å². The minimum absolute atomic E-state index is 0.00373. The van der Waals surface area contributed by atoms with Gasteiger partial charge in [-0.05, 0) is 84.4 Å². The first-order chi connectivity index (χ1) is 20.8. The molecule has 7 rings (SSSR count). The van der Waals surface area contributed by atoms with Crippen molar-refractivity contribution in [1.29, 1.82) is 0 Å². The fraction of sp³-hybridized carbons (Fsp3) is 0.406. The predicted molar refractivity (Wildman–Crippen MR) is 154 cm³/mol. The number of rotatable bonds is 6. The molecule has 2 aliphatic heterocycles. The van der Waals surface area contributed by atoms with Crippen LogP contribution >= 0.6 is 0 Å². The first-order valence-electron chi connectivity index (χ1n) is 14.8. The number of amides is 5. The van der Waals surface area contributed by atoms with Gasteiger partial charge >= 0.3 is 6.03 Å². The molecule has 3 aromatic rings. The van der Waals surface area contributed by atoms with Crippen LogP contribution in [-0.4, -0.2) is 63.0 Å². The molecule has 1 aromatic heterocycles. The quantitative estimate of drug-likeness (QED) is 0.433. The van der Waals surface area contributed by atoms with Crippen molar-refractivity contribution in [2.75, 3.05) is 13.6 Å². The number of hydrogen-bond acceptors (Lipinski definition) is 5. The molecule has 11 heteroatoms. The van der Waals surface area contributed by atoms with Gasteiger partial charge in [0.15, 0.2) is 0 Å². The van der Waals surface area contributed by atoms with E-state index in [0.717, 1.165) is 57.5 Å². The number of aromatic nitrogens is 2. The van der Waals surface area contributed by atoms with Crippen LogP contribution in [0.1, 0.15) is 47.9 Å². The number of hydrogen-bond donors (Lipinski definition) is 2. The molecule has 5 amide bonds. The Bertz CT molecular complexity index is 1660. The fourth-order valence-corrected chi connectivity index (χ4v) is 7.01. The van der Waals surface area contributed by atoms with Crippen molar-refractivity contribution in [2.24, 2.45) is 5.92 Å². The molecule has 2 unspecified atom stereocenters. The van der Waals surface area contributed by atoms with Crippen LogP contribution in [0.15, 0.2) is 48.8 Å². The summed E-state index contributed by atoms with van der Waals surface area (Å²) in [5.41, 5.74) is 4.05. The third kappa shape index (κ3) is 4.76. The van der Waals surface area contributed by atoms with Crippen molar-refractivity contribution in [3.8, 4) is 11.1 Å². The fourth-order valence-electron chi connectivity index (χ4n) is 7.01. The number of fused-ring (bicyclic) bond motifs is 3. The van der Waals surface area contributed by atoms with Crippen LogP contribution in [-0.2, 0) is 45.9 Å². The summed E-state index contributed by atoms with van der Waals surface area (Å²) in [5.74, 6) is -0.716. The topological polar surface area (TPSA) is 117 Å². The molecule has 222 valence electrons. The number of carbonyl (C=O) groups excluding carboxylic acids is 4. The lowest BCUT2D eigenvalue weighted by Gasteiger charge is -2.31. The van der Waals surface area contributed by atoms with Crippen LogP contribution < -0.4 is 10.6 Å². The molecule has 2 aromatic carbocycles. The highest BCUT2D eigenvalue weighted by molar-refractivity contribution is 6.10. The summed E-state index contributed by atoms with van der Waals surface area (Å²) in [4.78, 5) is 55.6. The Labute approximate surface area is 248 Å². The Kier molecular flexibility index (Phi) is 6.55. The average molecular weight is 585 g/mol. The normalized spacial score (nSPS) is 22.8. The second-order valence-corrected chi connectivity index (χ2v) is 12.1. The number of halogens is 1. The molecule has 3 heterocycles. The highest BCUT2D eigenvalue weighted by atomic mass is 19.1.